The van der Waals surface area contributed by atoms with Crippen LogP contribution < -0.4 is 27.0 Å². The van der Waals surface area contributed by atoms with E-state index in [1.165, 1.54) is 19.4 Å². The van der Waals surface area contributed by atoms with Gasteiger partial charge in [-0.2, -0.15) is 0 Å². The number of aliphatic hydroxyl groups excluding tert-OH is 1. The molecule has 0 aromatic carbocycles. The van der Waals surface area contributed by atoms with Crippen molar-refractivity contribution in [2.24, 2.45) is 5.73 Å². The van der Waals surface area contributed by atoms with Crippen LogP contribution in [0.1, 0.15) is 31.9 Å². The first-order chi connectivity index (χ1) is 15.6. The van der Waals surface area contributed by atoms with Gasteiger partial charge in [-0.25, -0.2) is 9.78 Å². The predicted molar refractivity (Wildman–Crippen MR) is 112 cm³/mol. The summed E-state index contributed by atoms with van der Waals surface area (Å²) >= 11 is 0. The van der Waals surface area contributed by atoms with Crippen molar-refractivity contribution < 1.29 is 34.2 Å². The fourth-order valence-corrected chi connectivity index (χ4v) is 3.33. The molecule has 182 valence electrons. The number of nitrogens with zero attached hydrogens (tertiary/aromatic N) is 1. The number of nitrogens with one attached hydrogen (secondary N) is 5. The number of H-pyrrole nitrogens is 1. The van der Waals surface area contributed by atoms with Crippen LogP contribution in [0.3, 0.4) is 0 Å². The number of carbonyl (C=O) groups excluding carboxylic acids is 4. The van der Waals surface area contributed by atoms with Gasteiger partial charge in [-0.05, 0) is 26.3 Å². The fourth-order valence-electron chi connectivity index (χ4n) is 3.33. The van der Waals surface area contributed by atoms with Crippen LogP contribution in [0.15, 0.2) is 12.5 Å². The second-order valence-electron chi connectivity index (χ2n) is 7.79. The van der Waals surface area contributed by atoms with Crippen LogP contribution in [0.25, 0.3) is 0 Å². The van der Waals surface area contributed by atoms with Crippen LogP contribution >= 0.6 is 0 Å². The number of carbonyl (C=O) groups is 5. The highest BCUT2D eigenvalue weighted by Crippen LogP contribution is 2.07. The molecule has 5 atom stereocenters. The molecule has 1 aromatic rings. The van der Waals surface area contributed by atoms with Crippen LogP contribution in [-0.4, -0.2) is 86.6 Å². The van der Waals surface area contributed by atoms with E-state index in [0.717, 1.165) is 6.42 Å². The van der Waals surface area contributed by atoms with Crippen LogP contribution in [0, 0.1) is 0 Å². The van der Waals surface area contributed by atoms with Gasteiger partial charge in [0.25, 0.3) is 0 Å². The van der Waals surface area contributed by atoms with E-state index in [4.69, 9.17) is 5.73 Å². The van der Waals surface area contributed by atoms with Gasteiger partial charge >= 0.3 is 5.97 Å². The largest absolute Gasteiger partial charge is 0.480 e. The molecule has 9 N–H and O–H groups in total. The number of rotatable bonds is 12. The zero-order valence-corrected chi connectivity index (χ0v) is 18.0. The van der Waals surface area contributed by atoms with Crippen LogP contribution in [-0.2, 0) is 30.4 Å². The van der Waals surface area contributed by atoms with E-state index in [2.05, 4.69) is 31.2 Å². The number of aliphatic hydroxyl groups is 1. The van der Waals surface area contributed by atoms with Crippen LogP contribution in [0.5, 0.6) is 0 Å². The molecule has 1 fully saturated rings. The Morgan fingerprint density at radius 2 is 1.88 bits per heavy atom. The number of primary amides is 1. The zero-order valence-electron chi connectivity index (χ0n) is 18.0. The van der Waals surface area contributed by atoms with E-state index < -0.39 is 66.3 Å². The number of carboxylic acid groups (broad SMARTS) is 1. The number of nitrogens with two attached hydrogens (primary N) is 1. The third kappa shape index (κ3) is 7.84. The maximum atomic E-state index is 12.9. The molecule has 14 nitrogen and oxygen atoms in total. The highest BCUT2D eigenvalue weighted by Gasteiger charge is 2.33. The molecule has 1 saturated heterocycles. The molecule has 0 spiro atoms. The Labute approximate surface area is 189 Å². The van der Waals surface area contributed by atoms with Gasteiger partial charge in [-0.15, -0.1) is 0 Å². The smallest absolute Gasteiger partial charge is 0.328 e. The highest BCUT2D eigenvalue weighted by atomic mass is 16.4. The molecule has 0 saturated carbocycles. The number of imidazole rings is 1. The summed E-state index contributed by atoms with van der Waals surface area (Å²) in [4.78, 5) is 67.5. The summed E-state index contributed by atoms with van der Waals surface area (Å²) in [6.07, 6.45) is 2.09. The van der Waals surface area contributed by atoms with Crippen molar-refractivity contribution in [2.45, 2.75) is 62.9 Å². The number of aromatic amines is 1. The Balaban J connectivity index is 2.17. The number of hydrogen-bond donors (Lipinski definition) is 8. The van der Waals surface area contributed by atoms with E-state index in [0.29, 0.717) is 18.7 Å². The van der Waals surface area contributed by atoms with E-state index in [1.54, 1.807) is 0 Å². The monoisotopic (exact) mass is 467 g/mol. The van der Waals surface area contributed by atoms with Gasteiger partial charge < -0.3 is 42.2 Å². The normalized spacial score (nSPS) is 19.0. The number of amides is 4. The molecule has 1 aromatic heterocycles. The number of aliphatic carboxylic acids is 1. The average Bonchev–Trinajstić information content (AvgIpc) is 3.44. The molecular formula is C19H29N7O7. The lowest BCUT2D eigenvalue weighted by molar-refractivity contribution is -0.145. The summed E-state index contributed by atoms with van der Waals surface area (Å²) in [5.74, 6) is -4.54. The van der Waals surface area contributed by atoms with Gasteiger partial charge in [0.15, 0.2) is 6.04 Å². The maximum Gasteiger partial charge on any atom is 0.328 e. The van der Waals surface area contributed by atoms with Crippen molar-refractivity contribution in [2.75, 3.05) is 6.54 Å². The lowest BCUT2D eigenvalue weighted by Crippen LogP contribution is -2.59. The molecule has 0 aliphatic carbocycles. The standard InChI is InChI=1S/C19H29N7O7/c1-9(27)15(19(32)33)26-18(31)12(5-10-7-21-8-23-10)24-17(30)13(6-14(20)28)25-16(29)11-3-2-4-22-11/h7-9,11-13,15,22,27H,2-6H2,1H3,(H2,20,28)(H,21,23)(H,24,30)(H,25,29)(H,26,31)(H,32,33). The minimum atomic E-state index is -1.62. The SMILES string of the molecule is CC(O)C(NC(=O)C(Cc1cnc[nH]1)NC(=O)C(CC(N)=O)NC(=O)C1CCCN1)C(=O)O. The minimum absolute atomic E-state index is 0.106. The summed E-state index contributed by atoms with van der Waals surface area (Å²) in [5, 5.41) is 28.9. The number of hydrogen-bond acceptors (Lipinski definition) is 8. The van der Waals surface area contributed by atoms with E-state index in [-0.39, 0.29) is 6.42 Å². The van der Waals surface area contributed by atoms with Crippen molar-refractivity contribution in [1.29, 1.82) is 0 Å². The van der Waals surface area contributed by atoms with Gasteiger partial charge in [0.1, 0.15) is 12.1 Å². The molecule has 14 heteroatoms. The quantitative estimate of drug-likeness (QED) is 0.152. The Morgan fingerprint density at radius 1 is 1.18 bits per heavy atom. The lowest BCUT2D eigenvalue weighted by Gasteiger charge is -2.25. The Morgan fingerprint density at radius 3 is 2.39 bits per heavy atom. The Bertz CT molecular complexity index is 853. The first-order valence-electron chi connectivity index (χ1n) is 10.4. The van der Waals surface area contributed by atoms with Gasteiger partial charge in [0, 0.05) is 18.3 Å². The lowest BCUT2D eigenvalue weighted by atomic mass is 10.1. The Kier molecular flexibility index (Phi) is 9.30. The van der Waals surface area contributed by atoms with E-state index in [1.807, 2.05) is 0 Å². The summed E-state index contributed by atoms with van der Waals surface area (Å²) < 4.78 is 0. The fraction of sp³-hybridized carbons (Fsp3) is 0.579. The molecule has 33 heavy (non-hydrogen) atoms. The Hall–Kier alpha value is -3.52. The number of aromatic nitrogens is 2. The van der Waals surface area contributed by atoms with Crippen molar-refractivity contribution in [3.63, 3.8) is 0 Å². The molecule has 2 heterocycles. The summed E-state index contributed by atoms with van der Waals surface area (Å²) in [5.41, 5.74) is 5.67. The third-order valence-corrected chi connectivity index (χ3v) is 5.07. The first kappa shape index (κ1) is 25.7. The van der Waals surface area contributed by atoms with Crippen LogP contribution in [0.4, 0.5) is 0 Å². The van der Waals surface area contributed by atoms with E-state index in [9.17, 15) is 34.2 Å². The third-order valence-electron chi connectivity index (χ3n) is 5.07. The minimum Gasteiger partial charge on any atom is -0.480 e. The molecule has 0 radical (unpaired) electrons. The number of carboxylic acids is 1. The molecular weight excluding hydrogens is 438 g/mol. The summed E-state index contributed by atoms with van der Waals surface area (Å²) in [7, 11) is 0. The molecule has 0 bridgehead atoms. The second kappa shape index (κ2) is 11.9. The van der Waals surface area contributed by atoms with Crippen molar-refractivity contribution in [3.8, 4) is 0 Å². The topological polar surface area (TPSA) is 229 Å². The summed E-state index contributed by atoms with van der Waals surface area (Å²) in [6, 6.07) is -4.79. The van der Waals surface area contributed by atoms with Gasteiger partial charge in [0.05, 0.1) is 24.9 Å². The maximum absolute atomic E-state index is 12.9. The molecule has 1 aliphatic rings. The average molecular weight is 467 g/mol. The van der Waals surface area contributed by atoms with E-state index >= 15 is 0 Å². The van der Waals surface area contributed by atoms with Gasteiger partial charge in [-0.1, -0.05) is 0 Å². The van der Waals surface area contributed by atoms with Crippen molar-refractivity contribution in [3.05, 3.63) is 18.2 Å². The summed E-state index contributed by atoms with van der Waals surface area (Å²) in [6.45, 7) is 1.84. The molecule has 1 aliphatic heterocycles. The van der Waals surface area contributed by atoms with Gasteiger partial charge in [0.2, 0.25) is 23.6 Å². The van der Waals surface area contributed by atoms with Gasteiger partial charge in [-0.3, -0.25) is 19.2 Å². The van der Waals surface area contributed by atoms with Crippen molar-refractivity contribution >= 4 is 29.6 Å². The second-order valence-corrected chi connectivity index (χ2v) is 7.79. The zero-order chi connectivity index (χ0) is 24.5. The molecule has 5 unspecified atom stereocenters. The highest BCUT2D eigenvalue weighted by molar-refractivity contribution is 5.96. The predicted octanol–water partition coefficient (Wildman–Crippen LogP) is -3.50. The van der Waals surface area contributed by atoms with Crippen molar-refractivity contribution in [1.82, 2.24) is 31.2 Å². The molecule has 4 amide bonds. The molecule has 2 rings (SSSR count). The van der Waals surface area contributed by atoms with Crippen LogP contribution in [0.2, 0.25) is 0 Å². The first-order valence-corrected chi connectivity index (χ1v) is 10.4.